The second-order valence-corrected chi connectivity index (χ2v) is 10.0. The number of hydrogen-bond donors (Lipinski definition) is 0. The van der Waals surface area contributed by atoms with Gasteiger partial charge in [-0.1, -0.05) is 151 Å². The smallest absolute Gasteiger partial charge is 0.0630 e. The summed E-state index contributed by atoms with van der Waals surface area (Å²) >= 11 is 0. The van der Waals surface area contributed by atoms with E-state index < -0.39 is 0 Å². The molecule has 0 nitrogen and oxygen atoms in total. The molecule has 1 aliphatic carbocycles. The van der Waals surface area contributed by atoms with Crippen LogP contribution in [0.3, 0.4) is 0 Å². The molecule has 0 saturated carbocycles. The Morgan fingerprint density at radius 2 is 0.667 bits per heavy atom. The van der Waals surface area contributed by atoms with E-state index in [1.54, 1.807) is 0 Å². The fourth-order valence-corrected chi connectivity index (χ4v) is 4.40. The van der Waals surface area contributed by atoms with Crippen LogP contribution in [0.1, 0.15) is 63.8 Å². The highest BCUT2D eigenvalue weighted by molar-refractivity contribution is 5.86. The van der Waals surface area contributed by atoms with E-state index in [9.17, 15) is 0 Å². The third-order valence-corrected chi connectivity index (χ3v) is 5.37. The van der Waals surface area contributed by atoms with Gasteiger partial charge in [-0.15, -0.1) is 0 Å². The topological polar surface area (TPSA) is 0 Å². The summed E-state index contributed by atoms with van der Waals surface area (Å²) in [5.41, 5.74) is 7.80. The Kier molecular flexibility index (Phi) is 8.28. The Labute approximate surface area is 201 Å². The molecule has 0 aromatic heterocycles. The van der Waals surface area contributed by atoms with Crippen molar-refractivity contribution in [2.24, 2.45) is 11.8 Å². The van der Waals surface area contributed by atoms with Crippen LogP contribution < -0.4 is 0 Å². The lowest BCUT2D eigenvalue weighted by molar-refractivity contribution is 0.736. The maximum absolute atomic E-state index is 2.29. The first-order valence-corrected chi connectivity index (χ1v) is 12.2. The van der Waals surface area contributed by atoms with Crippen LogP contribution in [0.5, 0.6) is 0 Å². The molecule has 0 heterocycles. The average molecular weight is 435 g/mol. The molecule has 0 heteroatoms. The summed E-state index contributed by atoms with van der Waals surface area (Å²) in [5.74, 6) is 1.67. The molecule has 0 atom stereocenters. The lowest BCUT2D eigenvalue weighted by Crippen LogP contribution is -2.28. The monoisotopic (exact) mass is 434 g/mol. The molecule has 4 aromatic carbocycles. The van der Waals surface area contributed by atoms with Crippen LogP contribution in [0.2, 0.25) is 0 Å². The quantitative estimate of drug-likeness (QED) is 0.259. The minimum Gasteiger partial charge on any atom is -0.0630 e. The minimum absolute atomic E-state index is 0.254. The normalized spacial score (nSPS) is 12.7. The highest BCUT2D eigenvalue weighted by Gasteiger charge is 2.45. The first-order valence-electron chi connectivity index (χ1n) is 12.2. The summed E-state index contributed by atoms with van der Waals surface area (Å²) < 4.78 is 0. The van der Waals surface area contributed by atoms with Crippen molar-refractivity contribution in [3.05, 3.63) is 131 Å². The third kappa shape index (κ3) is 5.28. The zero-order valence-corrected chi connectivity index (χ0v) is 21.0. The van der Waals surface area contributed by atoms with Crippen molar-refractivity contribution in [2.45, 2.75) is 47.0 Å². The van der Waals surface area contributed by atoms with Gasteiger partial charge in [0.05, 0.1) is 5.41 Å². The van der Waals surface area contributed by atoms with Gasteiger partial charge in [0.25, 0.3) is 0 Å². The Morgan fingerprint density at radius 3 is 1.00 bits per heavy atom. The predicted molar refractivity (Wildman–Crippen MR) is 145 cm³/mol. The highest BCUT2D eigenvalue weighted by atomic mass is 14.5. The summed E-state index contributed by atoms with van der Waals surface area (Å²) in [6.07, 6.45) is 0. The van der Waals surface area contributed by atoms with E-state index in [1.165, 1.54) is 33.4 Å². The van der Waals surface area contributed by atoms with E-state index in [0.717, 1.165) is 11.8 Å². The molecular weight excluding hydrogens is 396 g/mol. The SMILES string of the molecule is CC(C)C.CC(C)C.c1ccc(C2(c3ccccc3)c3ccccc3-c3ccccc32)cc1. The minimum atomic E-state index is -0.254. The molecule has 33 heavy (non-hydrogen) atoms. The maximum Gasteiger partial charge on any atom is 0.0713 e. The first-order chi connectivity index (χ1) is 15.9. The molecule has 0 amide bonds. The fourth-order valence-electron chi connectivity index (χ4n) is 4.40. The van der Waals surface area contributed by atoms with Crippen LogP contribution in [0.4, 0.5) is 0 Å². The standard InChI is InChI=1S/C25H18.2C4H10/c1-3-11-19(12-4-1)25(20-13-5-2-6-14-20)23-17-9-7-15-21(23)22-16-8-10-18-24(22)25;2*1-4(2)3/h1-18H;2*4H,1-3H3. The number of benzene rings is 4. The van der Waals surface area contributed by atoms with Gasteiger partial charge in [0.1, 0.15) is 0 Å². The molecule has 0 saturated heterocycles. The summed E-state index contributed by atoms with van der Waals surface area (Å²) in [4.78, 5) is 0. The van der Waals surface area contributed by atoms with Gasteiger partial charge >= 0.3 is 0 Å². The van der Waals surface area contributed by atoms with Crippen molar-refractivity contribution in [3.63, 3.8) is 0 Å². The van der Waals surface area contributed by atoms with E-state index in [2.05, 4.69) is 151 Å². The predicted octanol–water partition coefficient (Wildman–Crippen LogP) is 9.37. The van der Waals surface area contributed by atoms with Crippen molar-refractivity contribution in [3.8, 4) is 11.1 Å². The van der Waals surface area contributed by atoms with Gasteiger partial charge in [-0.3, -0.25) is 0 Å². The largest absolute Gasteiger partial charge is 0.0713 e. The Balaban J connectivity index is 0.000000335. The molecule has 170 valence electrons. The lowest BCUT2D eigenvalue weighted by Gasteiger charge is -2.33. The Bertz CT molecular complexity index is 1020. The molecular formula is C33H38. The van der Waals surface area contributed by atoms with Gasteiger partial charge in [-0.05, 0) is 45.2 Å². The van der Waals surface area contributed by atoms with Gasteiger partial charge in [0, 0.05) is 0 Å². The van der Waals surface area contributed by atoms with Crippen molar-refractivity contribution in [1.29, 1.82) is 0 Å². The third-order valence-electron chi connectivity index (χ3n) is 5.37. The first kappa shape index (κ1) is 24.5. The summed E-state index contributed by atoms with van der Waals surface area (Å²) in [5, 5.41) is 0. The van der Waals surface area contributed by atoms with E-state index in [0.29, 0.717) is 0 Å². The molecule has 5 rings (SSSR count). The maximum atomic E-state index is 2.29. The van der Waals surface area contributed by atoms with Crippen LogP contribution in [0.25, 0.3) is 11.1 Å². The molecule has 1 aliphatic rings. The molecule has 0 radical (unpaired) electrons. The average Bonchev–Trinajstić information content (AvgIpc) is 3.11. The van der Waals surface area contributed by atoms with Gasteiger partial charge in [-0.2, -0.15) is 0 Å². The molecule has 0 fully saturated rings. The molecule has 0 bridgehead atoms. The Morgan fingerprint density at radius 1 is 0.394 bits per heavy atom. The summed E-state index contributed by atoms with van der Waals surface area (Å²) in [6, 6.07) is 39.5. The van der Waals surface area contributed by atoms with Crippen molar-refractivity contribution >= 4 is 0 Å². The van der Waals surface area contributed by atoms with Crippen LogP contribution in [-0.2, 0) is 5.41 Å². The zero-order valence-electron chi connectivity index (χ0n) is 21.0. The second kappa shape index (κ2) is 11.1. The number of hydrogen-bond acceptors (Lipinski definition) is 0. The van der Waals surface area contributed by atoms with Crippen molar-refractivity contribution in [1.82, 2.24) is 0 Å². The molecule has 0 N–H and O–H groups in total. The highest BCUT2D eigenvalue weighted by Crippen LogP contribution is 2.55. The van der Waals surface area contributed by atoms with E-state index >= 15 is 0 Å². The van der Waals surface area contributed by atoms with Crippen LogP contribution in [0.15, 0.2) is 109 Å². The van der Waals surface area contributed by atoms with Crippen LogP contribution in [-0.4, -0.2) is 0 Å². The van der Waals surface area contributed by atoms with Crippen molar-refractivity contribution in [2.75, 3.05) is 0 Å². The van der Waals surface area contributed by atoms with E-state index in [1.807, 2.05) is 0 Å². The number of fused-ring (bicyclic) bond motifs is 3. The number of rotatable bonds is 2. The Hall–Kier alpha value is -3.12. The molecule has 0 aliphatic heterocycles. The van der Waals surface area contributed by atoms with E-state index in [-0.39, 0.29) is 5.41 Å². The van der Waals surface area contributed by atoms with Crippen LogP contribution >= 0.6 is 0 Å². The summed E-state index contributed by atoms with van der Waals surface area (Å²) in [7, 11) is 0. The fraction of sp³-hybridized carbons (Fsp3) is 0.273. The van der Waals surface area contributed by atoms with Gasteiger partial charge in [-0.25, -0.2) is 0 Å². The second-order valence-electron chi connectivity index (χ2n) is 10.0. The lowest BCUT2D eigenvalue weighted by atomic mass is 9.68. The zero-order chi connectivity index (χ0) is 23.8. The van der Waals surface area contributed by atoms with Gasteiger partial charge in [0.2, 0.25) is 0 Å². The van der Waals surface area contributed by atoms with Gasteiger partial charge < -0.3 is 0 Å². The summed E-state index contributed by atoms with van der Waals surface area (Å²) in [6.45, 7) is 13.0. The molecule has 4 aromatic rings. The van der Waals surface area contributed by atoms with Crippen LogP contribution in [0, 0.1) is 11.8 Å². The molecule has 0 spiro atoms. The van der Waals surface area contributed by atoms with Crippen molar-refractivity contribution < 1.29 is 0 Å². The molecule has 0 unspecified atom stereocenters. The van der Waals surface area contributed by atoms with E-state index in [4.69, 9.17) is 0 Å². The van der Waals surface area contributed by atoms with Gasteiger partial charge in [0.15, 0.2) is 0 Å².